The van der Waals surface area contributed by atoms with E-state index >= 15 is 0 Å². The molecule has 1 saturated carbocycles. The van der Waals surface area contributed by atoms with Crippen molar-refractivity contribution in [2.75, 3.05) is 13.2 Å². The fourth-order valence-corrected chi connectivity index (χ4v) is 4.29. The minimum atomic E-state index is -1.26. The zero-order chi connectivity index (χ0) is 26.7. The summed E-state index contributed by atoms with van der Waals surface area (Å²) in [5, 5.41) is 15.6. The number of nitrogens with one attached hydrogen (secondary N) is 2. The summed E-state index contributed by atoms with van der Waals surface area (Å²) in [5.41, 5.74) is 0.508. The Bertz CT molecular complexity index is 911. The van der Waals surface area contributed by atoms with Gasteiger partial charge in [0.1, 0.15) is 17.7 Å². The van der Waals surface area contributed by atoms with Crippen LogP contribution in [-0.2, 0) is 14.3 Å². The molecule has 1 aromatic rings. The summed E-state index contributed by atoms with van der Waals surface area (Å²) >= 11 is 0. The molecule has 1 fully saturated rings. The first-order valence-corrected chi connectivity index (χ1v) is 12.9. The number of ether oxygens (including phenoxy) is 1. The van der Waals surface area contributed by atoms with Crippen LogP contribution in [0.4, 0.5) is 4.79 Å². The SMILES string of the molecule is C#Cc1ccc(C(C(=O)NC2CCCCC2)N(CCCC)C(=O)C(CO)NC(=O)OC(C)(C)C)cc1. The third-order valence-corrected chi connectivity index (χ3v) is 6.11. The molecule has 3 amide bonds. The van der Waals surface area contributed by atoms with E-state index in [0.717, 1.165) is 38.5 Å². The maximum Gasteiger partial charge on any atom is 0.408 e. The number of carbonyl (C=O) groups is 3. The molecule has 0 bridgehead atoms. The van der Waals surface area contributed by atoms with Crippen LogP contribution in [0.1, 0.15) is 89.8 Å². The van der Waals surface area contributed by atoms with E-state index in [1.807, 2.05) is 6.92 Å². The van der Waals surface area contributed by atoms with Crippen LogP contribution in [0.15, 0.2) is 24.3 Å². The fourth-order valence-electron chi connectivity index (χ4n) is 4.29. The molecular formula is C28H41N3O5. The van der Waals surface area contributed by atoms with Gasteiger partial charge in [0, 0.05) is 18.2 Å². The highest BCUT2D eigenvalue weighted by Crippen LogP contribution is 2.26. The second kappa shape index (κ2) is 13.9. The van der Waals surface area contributed by atoms with Gasteiger partial charge in [-0.2, -0.15) is 0 Å². The topological polar surface area (TPSA) is 108 Å². The molecule has 0 aromatic heterocycles. The summed E-state index contributed by atoms with van der Waals surface area (Å²) in [7, 11) is 0. The lowest BCUT2D eigenvalue weighted by Gasteiger charge is -2.35. The summed E-state index contributed by atoms with van der Waals surface area (Å²) < 4.78 is 5.27. The minimum Gasteiger partial charge on any atom is -0.444 e. The van der Waals surface area contributed by atoms with Gasteiger partial charge < -0.3 is 25.4 Å². The van der Waals surface area contributed by atoms with E-state index in [-0.39, 0.29) is 18.5 Å². The standard InChI is InChI=1S/C28H41N3O5/c1-6-8-18-31(26(34)23(19-32)30-27(35)36-28(3,4)5)24(21-16-14-20(7-2)15-17-21)25(33)29-22-12-10-9-11-13-22/h2,14-17,22-24,32H,6,8-13,18-19H2,1,3-5H3,(H,29,33)(H,30,35). The number of nitrogens with zero attached hydrogens (tertiary/aromatic N) is 1. The Morgan fingerprint density at radius 1 is 1.17 bits per heavy atom. The van der Waals surface area contributed by atoms with Crippen LogP contribution in [-0.4, -0.2) is 58.8 Å². The highest BCUT2D eigenvalue weighted by atomic mass is 16.6. The summed E-state index contributed by atoms with van der Waals surface area (Å²) in [6.07, 6.45) is 11.2. The molecule has 198 valence electrons. The quantitative estimate of drug-likeness (QED) is 0.426. The van der Waals surface area contributed by atoms with E-state index in [1.165, 1.54) is 4.90 Å². The minimum absolute atomic E-state index is 0.0513. The zero-order valence-corrected chi connectivity index (χ0v) is 22.0. The van der Waals surface area contributed by atoms with E-state index in [0.29, 0.717) is 17.5 Å². The molecule has 0 saturated heterocycles. The van der Waals surface area contributed by atoms with E-state index < -0.39 is 36.3 Å². The molecule has 1 aromatic carbocycles. The van der Waals surface area contributed by atoms with Crippen LogP contribution >= 0.6 is 0 Å². The number of unbranched alkanes of at least 4 members (excludes halogenated alkanes) is 1. The van der Waals surface area contributed by atoms with Crippen LogP contribution in [0.25, 0.3) is 0 Å². The lowest BCUT2D eigenvalue weighted by molar-refractivity contribution is -0.143. The van der Waals surface area contributed by atoms with Gasteiger partial charge >= 0.3 is 6.09 Å². The summed E-state index contributed by atoms with van der Waals surface area (Å²) in [4.78, 5) is 41.2. The van der Waals surface area contributed by atoms with E-state index in [2.05, 4.69) is 16.6 Å². The number of hydrogen-bond acceptors (Lipinski definition) is 5. The van der Waals surface area contributed by atoms with Gasteiger partial charge in [0.25, 0.3) is 0 Å². The maximum absolute atomic E-state index is 13.7. The number of alkyl carbamates (subject to hydrolysis) is 1. The number of aliphatic hydroxyl groups is 1. The first-order valence-electron chi connectivity index (χ1n) is 12.9. The van der Waals surface area contributed by atoms with Crippen molar-refractivity contribution in [2.45, 2.75) is 96.4 Å². The van der Waals surface area contributed by atoms with Crippen molar-refractivity contribution in [1.82, 2.24) is 15.5 Å². The zero-order valence-electron chi connectivity index (χ0n) is 22.0. The van der Waals surface area contributed by atoms with Crippen molar-refractivity contribution in [2.24, 2.45) is 0 Å². The van der Waals surface area contributed by atoms with E-state index in [1.54, 1.807) is 45.0 Å². The van der Waals surface area contributed by atoms with Gasteiger partial charge in [0.05, 0.1) is 6.61 Å². The number of aliphatic hydroxyl groups excluding tert-OH is 1. The summed E-state index contributed by atoms with van der Waals surface area (Å²) in [6, 6.07) is 4.83. The van der Waals surface area contributed by atoms with Gasteiger partial charge in [0.2, 0.25) is 11.8 Å². The van der Waals surface area contributed by atoms with Gasteiger partial charge in [-0.1, -0.05) is 50.7 Å². The molecule has 2 rings (SSSR count). The molecule has 0 radical (unpaired) electrons. The average molecular weight is 500 g/mol. The molecular weight excluding hydrogens is 458 g/mol. The maximum atomic E-state index is 13.7. The number of amides is 3. The molecule has 0 aliphatic heterocycles. The highest BCUT2D eigenvalue weighted by molar-refractivity contribution is 5.92. The monoisotopic (exact) mass is 499 g/mol. The largest absolute Gasteiger partial charge is 0.444 e. The Labute approximate surface area is 215 Å². The van der Waals surface area contributed by atoms with Gasteiger partial charge in [-0.25, -0.2) is 4.79 Å². The van der Waals surface area contributed by atoms with Crippen molar-refractivity contribution < 1.29 is 24.2 Å². The van der Waals surface area contributed by atoms with Gasteiger partial charge in [0.15, 0.2) is 0 Å². The summed E-state index contributed by atoms with van der Waals surface area (Å²) in [6.45, 7) is 6.77. The second-order valence-corrected chi connectivity index (χ2v) is 10.3. The molecule has 8 nitrogen and oxygen atoms in total. The third-order valence-electron chi connectivity index (χ3n) is 6.11. The predicted molar refractivity (Wildman–Crippen MR) is 139 cm³/mol. The van der Waals surface area contributed by atoms with E-state index in [4.69, 9.17) is 11.2 Å². The van der Waals surface area contributed by atoms with Crippen LogP contribution in [0.3, 0.4) is 0 Å². The molecule has 3 N–H and O–H groups in total. The van der Waals surface area contributed by atoms with Crippen molar-refractivity contribution in [3.63, 3.8) is 0 Å². The average Bonchev–Trinajstić information content (AvgIpc) is 2.84. The van der Waals surface area contributed by atoms with Crippen LogP contribution in [0.2, 0.25) is 0 Å². The molecule has 1 aliphatic rings. The van der Waals surface area contributed by atoms with Gasteiger partial charge in [-0.05, 0) is 57.7 Å². The second-order valence-electron chi connectivity index (χ2n) is 10.3. The van der Waals surface area contributed by atoms with Crippen LogP contribution in [0, 0.1) is 12.3 Å². The Morgan fingerprint density at radius 2 is 1.81 bits per heavy atom. The molecule has 2 atom stereocenters. The molecule has 2 unspecified atom stereocenters. The van der Waals surface area contributed by atoms with Crippen molar-refractivity contribution >= 4 is 17.9 Å². The molecule has 8 heteroatoms. The Balaban J connectivity index is 2.39. The van der Waals surface area contributed by atoms with E-state index in [9.17, 15) is 19.5 Å². The number of carbonyl (C=O) groups excluding carboxylic acids is 3. The predicted octanol–water partition coefficient (Wildman–Crippen LogP) is 3.67. The first kappa shape index (κ1) is 29.2. The Hall–Kier alpha value is -3.05. The van der Waals surface area contributed by atoms with Crippen molar-refractivity contribution in [1.29, 1.82) is 0 Å². The lowest BCUT2D eigenvalue weighted by atomic mass is 9.94. The molecule has 0 heterocycles. The third kappa shape index (κ3) is 8.87. The fraction of sp³-hybridized carbons (Fsp3) is 0.607. The normalized spacial score (nSPS) is 15.8. The molecule has 36 heavy (non-hydrogen) atoms. The van der Waals surface area contributed by atoms with Crippen molar-refractivity contribution in [3.05, 3.63) is 35.4 Å². The highest BCUT2D eigenvalue weighted by Gasteiger charge is 2.36. The molecule has 1 aliphatic carbocycles. The Kier molecular flexibility index (Phi) is 11.3. The lowest BCUT2D eigenvalue weighted by Crippen LogP contribution is -2.55. The first-order chi connectivity index (χ1) is 17.1. The van der Waals surface area contributed by atoms with Gasteiger partial charge in [-0.15, -0.1) is 6.42 Å². The van der Waals surface area contributed by atoms with Crippen LogP contribution < -0.4 is 10.6 Å². The van der Waals surface area contributed by atoms with Crippen LogP contribution in [0.5, 0.6) is 0 Å². The summed E-state index contributed by atoms with van der Waals surface area (Å²) in [5.74, 6) is 1.73. The number of benzene rings is 1. The van der Waals surface area contributed by atoms with Gasteiger partial charge in [-0.3, -0.25) is 9.59 Å². The number of hydrogen-bond donors (Lipinski definition) is 3. The number of rotatable bonds is 10. The molecule has 0 spiro atoms. The number of terminal acetylenes is 1. The smallest absolute Gasteiger partial charge is 0.408 e. The van der Waals surface area contributed by atoms with Crippen molar-refractivity contribution in [3.8, 4) is 12.3 Å². The Morgan fingerprint density at radius 3 is 2.33 bits per heavy atom.